The molecule has 0 atom stereocenters. The Morgan fingerprint density at radius 3 is 2.74 bits per heavy atom. The van der Waals surface area contributed by atoms with Crippen LogP contribution in [-0.2, 0) is 17.8 Å². The summed E-state index contributed by atoms with van der Waals surface area (Å²) in [6.45, 7) is 7.72. The zero-order valence-corrected chi connectivity index (χ0v) is 21.3. The molecule has 0 unspecified atom stereocenters. The number of carbonyl (C=O) groups is 1. The fraction of sp³-hybridized carbons (Fsp3) is 0.333. The van der Waals surface area contributed by atoms with Gasteiger partial charge in [-0.05, 0) is 43.9 Å². The van der Waals surface area contributed by atoms with E-state index < -0.39 is 11.6 Å². The van der Waals surface area contributed by atoms with Crippen molar-refractivity contribution in [3.8, 4) is 17.0 Å². The van der Waals surface area contributed by atoms with Crippen LogP contribution in [0.15, 0.2) is 30.6 Å². The molecule has 0 fully saturated rings. The zero-order valence-electron chi connectivity index (χ0n) is 21.3. The van der Waals surface area contributed by atoms with E-state index in [-0.39, 0.29) is 29.4 Å². The number of benzene rings is 1. The van der Waals surface area contributed by atoms with Crippen LogP contribution in [0.4, 0.5) is 26.1 Å². The maximum Gasteiger partial charge on any atom is 0.244 e. The molecule has 2 aliphatic rings. The molecule has 0 saturated heterocycles. The predicted molar refractivity (Wildman–Crippen MR) is 140 cm³/mol. The minimum absolute atomic E-state index is 0.0241. The Morgan fingerprint density at radius 2 is 1.92 bits per heavy atom. The smallest absolute Gasteiger partial charge is 0.244 e. The van der Waals surface area contributed by atoms with Gasteiger partial charge in [0.15, 0.2) is 17.5 Å². The van der Waals surface area contributed by atoms with E-state index in [2.05, 4.69) is 25.7 Å². The monoisotopic (exact) mass is 519 g/mol. The van der Waals surface area contributed by atoms with E-state index in [4.69, 9.17) is 4.74 Å². The second-order valence-electron chi connectivity index (χ2n) is 9.83. The summed E-state index contributed by atoms with van der Waals surface area (Å²) in [6, 6.07) is 5.27. The fourth-order valence-corrected chi connectivity index (χ4v) is 5.10. The van der Waals surface area contributed by atoms with E-state index in [0.717, 1.165) is 11.3 Å². The summed E-state index contributed by atoms with van der Waals surface area (Å²) in [5.74, 6) is -0.503. The molecule has 4 aromatic rings. The third-order valence-electron chi connectivity index (χ3n) is 7.10. The lowest BCUT2D eigenvalue weighted by atomic mass is 9.97. The molecule has 38 heavy (non-hydrogen) atoms. The molecule has 1 aromatic carbocycles. The molecule has 1 amide bonds. The van der Waals surface area contributed by atoms with Crippen molar-refractivity contribution < 1.29 is 18.3 Å². The summed E-state index contributed by atoms with van der Waals surface area (Å²) in [7, 11) is 0. The second kappa shape index (κ2) is 9.23. The first-order chi connectivity index (χ1) is 18.3. The summed E-state index contributed by atoms with van der Waals surface area (Å²) >= 11 is 0. The first kappa shape index (κ1) is 24.1. The number of aromatic nitrogens is 4. The van der Waals surface area contributed by atoms with Crippen LogP contribution in [0.3, 0.4) is 0 Å². The van der Waals surface area contributed by atoms with Crippen molar-refractivity contribution in [2.45, 2.75) is 39.8 Å². The molecule has 0 radical (unpaired) electrons. The summed E-state index contributed by atoms with van der Waals surface area (Å²) in [5.41, 5.74) is 2.93. The van der Waals surface area contributed by atoms with Crippen LogP contribution in [0.5, 0.6) is 5.88 Å². The van der Waals surface area contributed by atoms with E-state index in [0.29, 0.717) is 60.3 Å². The maximum atomic E-state index is 15.2. The van der Waals surface area contributed by atoms with Gasteiger partial charge in [-0.15, -0.1) is 0 Å². The highest BCUT2D eigenvalue weighted by atomic mass is 19.2. The van der Waals surface area contributed by atoms with Crippen LogP contribution in [0.2, 0.25) is 0 Å². The maximum absolute atomic E-state index is 15.2. The van der Waals surface area contributed by atoms with Crippen LogP contribution in [-0.4, -0.2) is 56.3 Å². The molecule has 0 spiro atoms. The van der Waals surface area contributed by atoms with E-state index in [1.165, 1.54) is 12.4 Å². The molecule has 196 valence electrons. The number of ether oxygens (including phenoxy) is 1. The third kappa shape index (κ3) is 4.07. The molecular weight excluding hydrogens is 492 g/mol. The Hall–Kier alpha value is -4.28. The number of nitrogens with one attached hydrogen (secondary N) is 2. The van der Waals surface area contributed by atoms with E-state index in [1.807, 2.05) is 31.7 Å². The molecular formula is C27H27F2N7O2. The number of nitrogens with zero attached hydrogens (tertiary/aromatic N) is 5. The Bertz CT molecular complexity index is 1580. The van der Waals surface area contributed by atoms with Crippen LogP contribution in [0.1, 0.15) is 25.1 Å². The minimum atomic E-state index is -0.972. The predicted octanol–water partition coefficient (Wildman–Crippen LogP) is 4.42. The lowest BCUT2D eigenvalue weighted by Gasteiger charge is -2.24. The highest BCUT2D eigenvalue weighted by Gasteiger charge is 2.25. The van der Waals surface area contributed by atoms with Gasteiger partial charge in [0.25, 0.3) is 0 Å². The summed E-state index contributed by atoms with van der Waals surface area (Å²) in [5, 5.41) is 11.5. The average molecular weight is 520 g/mol. The molecule has 2 N–H and O–H groups in total. The number of hydrogen-bond donors (Lipinski definition) is 2. The van der Waals surface area contributed by atoms with E-state index in [1.54, 1.807) is 16.8 Å². The van der Waals surface area contributed by atoms with Gasteiger partial charge in [-0.3, -0.25) is 9.48 Å². The Labute approximate surface area is 217 Å². The first-order valence-electron chi connectivity index (χ1n) is 12.6. The molecule has 0 saturated carbocycles. The van der Waals surface area contributed by atoms with Gasteiger partial charge in [0.05, 0.1) is 0 Å². The quantitative estimate of drug-likeness (QED) is 0.412. The molecule has 6 rings (SSSR count). The van der Waals surface area contributed by atoms with Crippen molar-refractivity contribution in [1.82, 2.24) is 24.6 Å². The van der Waals surface area contributed by atoms with Crippen molar-refractivity contribution in [1.29, 1.82) is 0 Å². The molecule has 0 bridgehead atoms. The lowest BCUT2D eigenvalue weighted by molar-refractivity contribution is -0.133. The van der Waals surface area contributed by atoms with Gasteiger partial charge >= 0.3 is 0 Å². The van der Waals surface area contributed by atoms with Gasteiger partial charge in [0, 0.05) is 66.2 Å². The SMILES string of the molecule is Cc1c(-c2cc3cc(Nc4cc5n(n4)CC(=O)N(C(C)C)CC5)ncc3c(F)c2F)cnc2c1NCCO2. The summed E-state index contributed by atoms with van der Waals surface area (Å²) in [6.07, 6.45) is 3.50. The zero-order chi connectivity index (χ0) is 26.6. The summed E-state index contributed by atoms with van der Waals surface area (Å²) in [4.78, 5) is 23.0. The van der Waals surface area contributed by atoms with Crippen molar-refractivity contribution in [3.05, 3.63) is 53.5 Å². The number of rotatable bonds is 4. The van der Waals surface area contributed by atoms with Gasteiger partial charge in [-0.25, -0.2) is 18.7 Å². The molecule has 2 aliphatic heterocycles. The molecule has 11 heteroatoms. The molecule has 0 aliphatic carbocycles. The van der Waals surface area contributed by atoms with E-state index in [9.17, 15) is 4.79 Å². The molecule has 9 nitrogen and oxygen atoms in total. The Balaban J connectivity index is 1.33. The number of carbonyl (C=O) groups excluding carboxylic acids is 1. The largest absolute Gasteiger partial charge is 0.474 e. The standard InChI is InChI=1S/C27H27F2N7O2/c1-14(2)35-6-4-17-10-22(34-36(17)13-23(35)37)33-21-9-16-8-18(24(28)25(29)20(16)12-31-21)19-11-32-27-26(15(19)3)30-5-7-38-27/h8-12,14,30H,4-7,13H2,1-3H3,(H,31,33,34). The fourth-order valence-electron chi connectivity index (χ4n) is 5.10. The number of fused-ring (bicyclic) bond motifs is 3. The average Bonchev–Trinajstić information content (AvgIpc) is 3.19. The molecule has 3 aromatic heterocycles. The number of halogens is 2. The summed E-state index contributed by atoms with van der Waals surface area (Å²) < 4.78 is 37.6. The lowest BCUT2D eigenvalue weighted by Crippen LogP contribution is -2.38. The van der Waals surface area contributed by atoms with Crippen molar-refractivity contribution in [2.24, 2.45) is 0 Å². The van der Waals surface area contributed by atoms with Gasteiger partial charge in [0.1, 0.15) is 24.7 Å². The highest BCUT2D eigenvalue weighted by molar-refractivity contribution is 5.91. The first-order valence-corrected chi connectivity index (χ1v) is 12.6. The van der Waals surface area contributed by atoms with Crippen molar-refractivity contribution in [2.75, 3.05) is 30.3 Å². The third-order valence-corrected chi connectivity index (χ3v) is 7.10. The van der Waals surface area contributed by atoms with Gasteiger partial charge in [0.2, 0.25) is 11.8 Å². The normalized spacial score (nSPS) is 15.1. The number of pyridine rings is 2. The van der Waals surface area contributed by atoms with E-state index >= 15 is 8.78 Å². The van der Waals surface area contributed by atoms with Crippen molar-refractivity contribution >= 4 is 34.0 Å². The molecule has 5 heterocycles. The number of hydrogen-bond acceptors (Lipinski definition) is 7. The topological polar surface area (TPSA) is 97.2 Å². The number of anilines is 3. The Kier molecular flexibility index (Phi) is 5.85. The van der Waals surface area contributed by atoms with Crippen LogP contribution >= 0.6 is 0 Å². The minimum Gasteiger partial charge on any atom is -0.474 e. The van der Waals surface area contributed by atoms with Crippen LogP contribution in [0, 0.1) is 18.6 Å². The van der Waals surface area contributed by atoms with Crippen LogP contribution < -0.4 is 15.4 Å². The van der Waals surface area contributed by atoms with Gasteiger partial charge in [-0.1, -0.05) is 0 Å². The van der Waals surface area contributed by atoms with Gasteiger partial charge in [-0.2, -0.15) is 5.10 Å². The van der Waals surface area contributed by atoms with Gasteiger partial charge < -0.3 is 20.3 Å². The van der Waals surface area contributed by atoms with Crippen LogP contribution in [0.25, 0.3) is 21.9 Å². The van der Waals surface area contributed by atoms with Crippen molar-refractivity contribution in [3.63, 3.8) is 0 Å². The number of amides is 1. The second-order valence-corrected chi connectivity index (χ2v) is 9.83. The Morgan fingerprint density at radius 1 is 1.08 bits per heavy atom. The highest BCUT2D eigenvalue weighted by Crippen LogP contribution is 2.38.